The van der Waals surface area contributed by atoms with Crippen molar-refractivity contribution in [2.75, 3.05) is 5.75 Å². The number of sulfone groups is 1. The van der Waals surface area contributed by atoms with E-state index in [0.717, 1.165) is 5.41 Å². The van der Waals surface area contributed by atoms with Crippen molar-refractivity contribution in [2.24, 2.45) is 0 Å². The number of carbonyl (C=O) groups is 1. The number of carboxylic acid groups (broad SMARTS) is 1. The smallest absolute Gasteiger partial charge is 0.303 e. The second-order valence-electron chi connectivity index (χ2n) is 2.03. The van der Waals surface area contributed by atoms with E-state index in [1.165, 1.54) is 0 Å². The lowest BCUT2D eigenvalue weighted by Crippen LogP contribution is -2.04. The van der Waals surface area contributed by atoms with Gasteiger partial charge in [-0.1, -0.05) is 6.58 Å². The maximum absolute atomic E-state index is 10.7. The van der Waals surface area contributed by atoms with Crippen LogP contribution in [0.4, 0.5) is 0 Å². The lowest BCUT2D eigenvalue weighted by Gasteiger charge is -1.94. The van der Waals surface area contributed by atoms with Crippen LogP contribution in [0.1, 0.15) is 12.8 Å². The fourth-order valence-electron chi connectivity index (χ4n) is 0.508. The molecule has 0 unspecified atom stereocenters. The van der Waals surface area contributed by atoms with Crippen molar-refractivity contribution in [1.82, 2.24) is 0 Å². The monoisotopic (exact) mass is 178 g/mol. The zero-order chi connectivity index (χ0) is 8.91. The molecular weight excluding hydrogens is 168 g/mol. The van der Waals surface area contributed by atoms with Crippen molar-refractivity contribution in [2.45, 2.75) is 12.8 Å². The predicted octanol–water partition coefficient (Wildman–Crippen LogP) is 0.410. The Morgan fingerprint density at radius 1 is 1.55 bits per heavy atom. The molecule has 0 amide bonds. The van der Waals surface area contributed by atoms with Gasteiger partial charge in [0.25, 0.3) is 0 Å². The van der Waals surface area contributed by atoms with Gasteiger partial charge in [0, 0.05) is 11.8 Å². The Kier molecular flexibility index (Phi) is 3.81. The third kappa shape index (κ3) is 5.60. The molecule has 0 fully saturated rings. The maximum Gasteiger partial charge on any atom is 0.303 e. The summed E-state index contributed by atoms with van der Waals surface area (Å²) in [6.07, 6.45) is 0.0246. The van der Waals surface area contributed by atoms with Gasteiger partial charge in [0.1, 0.15) is 0 Å². The standard InChI is InChI=1S/C6H10O4S/c1-2-11(9,10)5-3-4-6(7)8/h2H,1,3-5H2,(H,7,8). The van der Waals surface area contributed by atoms with E-state index in [4.69, 9.17) is 5.11 Å². The van der Waals surface area contributed by atoms with Gasteiger partial charge in [-0.2, -0.15) is 0 Å². The molecule has 5 heteroatoms. The third-order valence-corrected chi connectivity index (χ3v) is 2.44. The van der Waals surface area contributed by atoms with Gasteiger partial charge in [-0.05, 0) is 6.42 Å². The number of carboxylic acids is 1. The van der Waals surface area contributed by atoms with E-state index in [1.807, 2.05) is 0 Å². The fourth-order valence-corrected chi connectivity index (χ4v) is 1.22. The van der Waals surface area contributed by atoms with Gasteiger partial charge in [0.15, 0.2) is 9.84 Å². The van der Waals surface area contributed by atoms with E-state index >= 15 is 0 Å². The van der Waals surface area contributed by atoms with Crippen LogP contribution in [0.25, 0.3) is 0 Å². The first-order chi connectivity index (χ1) is 4.98. The first-order valence-corrected chi connectivity index (χ1v) is 4.76. The lowest BCUT2D eigenvalue weighted by atomic mass is 10.3. The highest BCUT2D eigenvalue weighted by atomic mass is 32.2. The van der Waals surface area contributed by atoms with Crippen LogP contribution in [0.2, 0.25) is 0 Å². The number of aliphatic carboxylic acids is 1. The summed E-state index contributed by atoms with van der Waals surface area (Å²) < 4.78 is 21.3. The van der Waals surface area contributed by atoms with E-state index in [9.17, 15) is 13.2 Å². The molecule has 11 heavy (non-hydrogen) atoms. The summed E-state index contributed by atoms with van der Waals surface area (Å²) >= 11 is 0. The van der Waals surface area contributed by atoms with Crippen LogP contribution >= 0.6 is 0 Å². The Hall–Kier alpha value is -0.840. The molecule has 0 saturated heterocycles. The molecule has 0 aromatic heterocycles. The van der Waals surface area contributed by atoms with Crippen molar-refractivity contribution in [3.8, 4) is 0 Å². The summed E-state index contributed by atoms with van der Waals surface area (Å²) in [6.45, 7) is 3.09. The van der Waals surface area contributed by atoms with Crippen LogP contribution in [0, 0.1) is 0 Å². The van der Waals surface area contributed by atoms with Crippen LogP contribution in [0.15, 0.2) is 12.0 Å². The molecule has 0 aromatic rings. The quantitative estimate of drug-likeness (QED) is 0.661. The zero-order valence-corrected chi connectivity index (χ0v) is 6.80. The van der Waals surface area contributed by atoms with Gasteiger partial charge in [-0.25, -0.2) is 8.42 Å². The fraction of sp³-hybridized carbons (Fsp3) is 0.500. The minimum absolute atomic E-state index is 0.118. The second-order valence-corrected chi connectivity index (χ2v) is 4.10. The Balaban J connectivity index is 3.72. The molecule has 4 nitrogen and oxygen atoms in total. The molecule has 0 aliphatic carbocycles. The molecule has 64 valence electrons. The number of hydrogen-bond donors (Lipinski definition) is 1. The van der Waals surface area contributed by atoms with Crippen LogP contribution in [0.3, 0.4) is 0 Å². The summed E-state index contributed by atoms with van der Waals surface area (Å²) in [5.41, 5.74) is 0. The summed E-state index contributed by atoms with van der Waals surface area (Å²) in [7, 11) is -3.21. The van der Waals surface area contributed by atoms with E-state index in [2.05, 4.69) is 6.58 Å². The highest BCUT2D eigenvalue weighted by Crippen LogP contribution is 1.97. The average molecular weight is 178 g/mol. The molecule has 0 rings (SSSR count). The van der Waals surface area contributed by atoms with Gasteiger partial charge in [0.05, 0.1) is 5.75 Å². The zero-order valence-electron chi connectivity index (χ0n) is 5.99. The van der Waals surface area contributed by atoms with Crippen molar-refractivity contribution in [3.05, 3.63) is 12.0 Å². The average Bonchev–Trinajstić information content (AvgIpc) is 1.87. The molecule has 0 aromatic carbocycles. The predicted molar refractivity (Wildman–Crippen MR) is 40.9 cm³/mol. The minimum atomic E-state index is -3.21. The molecule has 0 bridgehead atoms. The molecule has 0 atom stereocenters. The highest BCUT2D eigenvalue weighted by Gasteiger charge is 2.05. The van der Waals surface area contributed by atoms with Crippen LogP contribution in [-0.2, 0) is 14.6 Å². The van der Waals surface area contributed by atoms with E-state index in [0.29, 0.717) is 0 Å². The first kappa shape index (κ1) is 10.2. The van der Waals surface area contributed by atoms with Gasteiger partial charge in [-0.15, -0.1) is 0 Å². The Bertz CT molecular complexity index is 239. The van der Waals surface area contributed by atoms with Gasteiger partial charge in [0.2, 0.25) is 0 Å². The summed E-state index contributed by atoms with van der Waals surface area (Å²) in [4.78, 5) is 9.95. The summed E-state index contributed by atoms with van der Waals surface area (Å²) in [6, 6.07) is 0. The molecule has 0 heterocycles. The van der Waals surface area contributed by atoms with Crippen molar-refractivity contribution in [3.63, 3.8) is 0 Å². The van der Waals surface area contributed by atoms with Crippen LogP contribution in [0.5, 0.6) is 0 Å². The highest BCUT2D eigenvalue weighted by molar-refractivity contribution is 7.94. The molecule has 0 saturated carbocycles. The third-order valence-electron chi connectivity index (χ3n) is 1.07. The van der Waals surface area contributed by atoms with Crippen molar-refractivity contribution in [1.29, 1.82) is 0 Å². The lowest BCUT2D eigenvalue weighted by molar-refractivity contribution is -0.137. The number of rotatable bonds is 5. The maximum atomic E-state index is 10.7. The minimum Gasteiger partial charge on any atom is -0.481 e. The molecule has 0 aliphatic rings. The summed E-state index contributed by atoms with van der Waals surface area (Å²) in [5, 5.41) is 9.00. The van der Waals surface area contributed by atoms with Crippen molar-refractivity contribution >= 4 is 15.8 Å². The molecular formula is C6H10O4S. The van der Waals surface area contributed by atoms with E-state index in [1.54, 1.807) is 0 Å². The normalized spacial score (nSPS) is 10.9. The molecule has 0 radical (unpaired) electrons. The van der Waals surface area contributed by atoms with Crippen LogP contribution in [-0.4, -0.2) is 25.2 Å². The molecule has 1 N–H and O–H groups in total. The van der Waals surface area contributed by atoms with Crippen molar-refractivity contribution < 1.29 is 18.3 Å². The Morgan fingerprint density at radius 2 is 2.09 bits per heavy atom. The van der Waals surface area contributed by atoms with E-state index < -0.39 is 15.8 Å². The Labute approximate surface area is 65.5 Å². The second kappa shape index (κ2) is 4.12. The number of hydrogen-bond acceptors (Lipinski definition) is 3. The van der Waals surface area contributed by atoms with Gasteiger partial charge < -0.3 is 5.11 Å². The van der Waals surface area contributed by atoms with Gasteiger partial charge in [-0.3, -0.25) is 4.79 Å². The molecule has 0 aliphatic heterocycles. The van der Waals surface area contributed by atoms with Gasteiger partial charge >= 0.3 is 5.97 Å². The topological polar surface area (TPSA) is 71.4 Å². The molecule has 0 spiro atoms. The Morgan fingerprint density at radius 3 is 2.45 bits per heavy atom. The largest absolute Gasteiger partial charge is 0.481 e. The SMILES string of the molecule is C=CS(=O)(=O)CCCC(=O)O. The summed E-state index contributed by atoms with van der Waals surface area (Å²) in [5.74, 6) is -1.12. The van der Waals surface area contributed by atoms with E-state index in [-0.39, 0.29) is 18.6 Å². The van der Waals surface area contributed by atoms with Crippen LogP contribution < -0.4 is 0 Å². The first-order valence-electron chi connectivity index (χ1n) is 3.05.